The second-order valence-corrected chi connectivity index (χ2v) is 8.44. The largest absolute Gasteiger partial charge is 0.496 e. The van der Waals surface area contributed by atoms with Gasteiger partial charge in [-0.3, -0.25) is 9.36 Å². The van der Waals surface area contributed by atoms with Gasteiger partial charge < -0.3 is 10.1 Å². The van der Waals surface area contributed by atoms with Crippen molar-refractivity contribution in [2.45, 2.75) is 24.7 Å². The van der Waals surface area contributed by atoms with Crippen molar-refractivity contribution in [2.75, 3.05) is 12.9 Å². The maximum absolute atomic E-state index is 12.5. The summed E-state index contributed by atoms with van der Waals surface area (Å²) in [6.07, 6.45) is 1.76. The molecule has 3 aromatic rings. The van der Waals surface area contributed by atoms with Crippen molar-refractivity contribution in [3.63, 3.8) is 0 Å². The zero-order valence-corrected chi connectivity index (χ0v) is 19.5. The highest BCUT2D eigenvalue weighted by atomic mass is 35.5. The molecule has 0 saturated carbocycles. The van der Waals surface area contributed by atoms with Gasteiger partial charge in [0.25, 0.3) is 0 Å². The highest BCUT2D eigenvalue weighted by Gasteiger charge is 2.19. The number of benzene rings is 2. The lowest BCUT2D eigenvalue weighted by molar-refractivity contribution is -0.119. The van der Waals surface area contributed by atoms with Crippen LogP contribution >= 0.6 is 35.0 Å². The van der Waals surface area contributed by atoms with Crippen LogP contribution in [0.15, 0.2) is 60.3 Å². The third kappa shape index (κ3) is 5.61. The van der Waals surface area contributed by atoms with Gasteiger partial charge in [0.2, 0.25) is 5.91 Å². The Hall–Kier alpha value is -2.48. The van der Waals surface area contributed by atoms with Crippen molar-refractivity contribution in [1.82, 2.24) is 20.1 Å². The number of halogens is 2. The van der Waals surface area contributed by atoms with Gasteiger partial charge in [0, 0.05) is 16.6 Å². The van der Waals surface area contributed by atoms with Crippen molar-refractivity contribution in [2.24, 2.45) is 0 Å². The van der Waals surface area contributed by atoms with Gasteiger partial charge in [-0.15, -0.1) is 16.8 Å². The molecule has 9 heteroatoms. The molecule has 0 bridgehead atoms. The first-order valence-corrected chi connectivity index (χ1v) is 11.2. The molecule has 162 valence electrons. The minimum Gasteiger partial charge on any atom is -0.496 e. The fourth-order valence-corrected chi connectivity index (χ4v) is 4.39. The molecule has 0 fully saturated rings. The molecule has 1 atom stereocenters. The van der Waals surface area contributed by atoms with E-state index < -0.39 is 0 Å². The van der Waals surface area contributed by atoms with Crippen LogP contribution in [0.1, 0.15) is 18.5 Å². The van der Waals surface area contributed by atoms with Crippen LogP contribution in [-0.2, 0) is 11.3 Å². The Morgan fingerprint density at radius 2 is 2.06 bits per heavy atom. The number of ether oxygens (including phenoxy) is 1. The number of carbonyl (C=O) groups excluding carboxylic acids is 1. The summed E-state index contributed by atoms with van der Waals surface area (Å²) in [5.41, 5.74) is 1.62. The van der Waals surface area contributed by atoms with Crippen LogP contribution in [0, 0.1) is 0 Å². The minimum absolute atomic E-state index is 0.143. The minimum atomic E-state index is -0.256. The number of aromatic nitrogens is 3. The van der Waals surface area contributed by atoms with E-state index in [4.69, 9.17) is 27.9 Å². The van der Waals surface area contributed by atoms with Gasteiger partial charge in [0.15, 0.2) is 11.0 Å². The Bertz CT molecular complexity index is 1090. The molecule has 1 unspecified atom stereocenters. The summed E-state index contributed by atoms with van der Waals surface area (Å²) in [5, 5.41) is 13.2. The molecule has 2 aromatic carbocycles. The number of rotatable bonds is 9. The second kappa shape index (κ2) is 10.7. The first-order valence-electron chi connectivity index (χ1n) is 9.49. The standard InChI is InChI=1S/C22H22Cl2N4O2S/c1-4-11-28-21(17-7-5-6-8-19(17)30-3)26-27-22(28)31-13-20(29)25-14(2)16-10-9-15(23)12-18(16)24/h4-10,12,14H,1,11,13H2,2-3H3,(H,25,29). The van der Waals surface area contributed by atoms with Crippen LogP contribution in [0.3, 0.4) is 0 Å². The van der Waals surface area contributed by atoms with Gasteiger partial charge >= 0.3 is 0 Å². The van der Waals surface area contributed by atoms with Crippen LogP contribution < -0.4 is 10.1 Å². The molecule has 3 rings (SSSR count). The predicted octanol–water partition coefficient (Wildman–Crippen LogP) is 5.42. The number of para-hydroxylation sites is 1. The van der Waals surface area contributed by atoms with Crippen LogP contribution in [-0.4, -0.2) is 33.5 Å². The molecule has 1 heterocycles. The summed E-state index contributed by atoms with van der Waals surface area (Å²) in [7, 11) is 1.61. The summed E-state index contributed by atoms with van der Waals surface area (Å²) in [5.74, 6) is 1.39. The number of hydrogen-bond acceptors (Lipinski definition) is 5. The lowest BCUT2D eigenvalue weighted by Crippen LogP contribution is -2.28. The van der Waals surface area contributed by atoms with Gasteiger partial charge in [-0.05, 0) is 36.8 Å². The highest BCUT2D eigenvalue weighted by molar-refractivity contribution is 7.99. The van der Waals surface area contributed by atoms with Gasteiger partial charge in [0.05, 0.1) is 24.5 Å². The average Bonchev–Trinajstić information content (AvgIpc) is 3.14. The topological polar surface area (TPSA) is 69.0 Å². The van der Waals surface area contributed by atoms with Crippen LogP contribution in [0.5, 0.6) is 5.75 Å². The summed E-state index contributed by atoms with van der Waals surface area (Å²) in [6.45, 7) is 6.19. The van der Waals surface area contributed by atoms with Gasteiger partial charge in [-0.1, -0.05) is 59.2 Å². The molecule has 0 saturated heterocycles. The van der Waals surface area contributed by atoms with E-state index in [1.807, 2.05) is 41.8 Å². The SMILES string of the molecule is C=CCn1c(SCC(=O)NC(C)c2ccc(Cl)cc2Cl)nnc1-c1ccccc1OC. The van der Waals surface area contributed by atoms with Crippen LogP contribution in [0.25, 0.3) is 11.4 Å². The van der Waals surface area contributed by atoms with E-state index in [2.05, 4.69) is 22.1 Å². The van der Waals surface area contributed by atoms with Gasteiger partial charge in [-0.2, -0.15) is 0 Å². The van der Waals surface area contributed by atoms with E-state index >= 15 is 0 Å². The first kappa shape index (κ1) is 23.2. The van der Waals surface area contributed by atoms with Crippen molar-refractivity contribution in [1.29, 1.82) is 0 Å². The molecule has 0 aliphatic heterocycles. The van der Waals surface area contributed by atoms with Gasteiger partial charge in [0.1, 0.15) is 5.75 Å². The lowest BCUT2D eigenvalue weighted by atomic mass is 10.1. The Morgan fingerprint density at radius 1 is 1.29 bits per heavy atom. The van der Waals surface area contributed by atoms with Crippen molar-refractivity contribution >= 4 is 40.9 Å². The van der Waals surface area contributed by atoms with E-state index in [-0.39, 0.29) is 17.7 Å². The molecular formula is C22H22Cl2N4O2S. The molecule has 0 spiro atoms. The summed E-state index contributed by atoms with van der Waals surface area (Å²) in [6, 6.07) is 12.5. The third-order valence-corrected chi connectivity index (χ3v) is 6.04. The number of hydrogen-bond donors (Lipinski definition) is 1. The molecule has 1 amide bonds. The lowest BCUT2D eigenvalue weighted by Gasteiger charge is -2.16. The van der Waals surface area contributed by atoms with Crippen molar-refractivity contribution in [3.05, 3.63) is 70.7 Å². The van der Waals surface area contributed by atoms with Crippen molar-refractivity contribution < 1.29 is 9.53 Å². The van der Waals surface area contributed by atoms with E-state index in [1.165, 1.54) is 11.8 Å². The molecule has 0 aliphatic rings. The summed E-state index contributed by atoms with van der Waals surface area (Å²) in [4.78, 5) is 12.5. The molecule has 6 nitrogen and oxygen atoms in total. The maximum atomic E-state index is 12.5. The number of nitrogens with zero attached hydrogens (tertiary/aromatic N) is 3. The molecular weight excluding hydrogens is 455 g/mol. The Morgan fingerprint density at radius 3 is 2.77 bits per heavy atom. The Kier molecular flexibility index (Phi) is 8.01. The van der Waals surface area contributed by atoms with Crippen LogP contribution in [0.4, 0.5) is 0 Å². The second-order valence-electron chi connectivity index (χ2n) is 6.65. The fraction of sp³-hybridized carbons (Fsp3) is 0.227. The number of thioether (sulfide) groups is 1. The number of carbonyl (C=O) groups is 1. The van der Waals surface area contributed by atoms with E-state index in [0.717, 1.165) is 11.1 Å². The number of methoxy groups -OCH3 is 1. The smallest absolute Gasteiger partial charge is 0.230 e. The zero-order chi connectivity index (χ0) is 22.4. The Balaban J connectivity index is 1.72. The van der Waals surface area contributed by atoms with Crippen LogP contribution in [0.2, 0.25) is 10.0 Å². The first-order chi connectivity index (χ1) is 14.9. The average molecular weight is 477 g/mol. The predicted molar refractivity (Wildman–Crippen MR) is 126 cm³/mol. The number of amides is 1. The molecule has 31 heavy (non-hydrogen) atoms. The van der Waals surface area contributed by atoms with Crippen molar-refractivity contribution in [3.8, 4) is 17.1 Å². The normalized spacial score (nSPS) is 11.7. The highest BCUT2D eigenvalue weighted by Crippen LogP contribution is 2.31. The maximum Gasteiger partial charge on any atom is 0.230 e. The molecule has 1 aromatic heterocycles. The van der Waals surface area contributed by atoms with Gasteiger partial charge in [-0.25, -0.2) is 0 Å². The zero-order valence-electron chi connectivity index (χ0n) is 17.1. The molecule has 0 radical (unpaired) electrons. The quantitative estimate of drug-likeness (QED) is 0.330. The van der Waals surface area contributed by atoms with E-state index in [0.29, 0.717) is 33.3 Å². The summed E-state index contributed by atoms with van der Waals surface area (Å²) < 4.78 is 7.35. The monoisotopic (exact) mass is 476 g/mol. The molecule has 0 aliphatic carbocycles. The Labute approximate surface area is 195 Å². The third-order valence-electron chi connectivity index (χ3n) is 4.52. The van der Waals surface area contributed by atoms with E-state index in [9.17, 15) is 4.79 Å². The summed E-state index contributed by atoms with van der Waals surface area (Å²) >= 11 is 13.5. The van der Waals surface area contributed by atoms with E-state index in [1.54, 1.807) is 25.3 Å². The number of allylic oxidation sites excluding steroid dienone is 1. The molecule has 1 N–H and O–H groups in total. The number of nitrogens with one attached hydrogen (secondary N) is 1. The fourth-order valence-electron chi connectivity index (χ4n) is 3.06.